The van der Waals surface area contributed by atoms with Crippen molar-refractivity contribution in [3.05, 3.63) is 216 Å². The van der Waals surface area contributed by atoms with Crippen LogP contribution in [0.4, 0.5) is 0 Å². The van der Waals surface area contributed by atoms with E-state index in [1.807, 2.05) is 18.2 Å². The molecule has 1 spiro atoms. The second-order valence-corrected chi connectivity index (χ2v) is 14.1. The fraction of sp³-hybridized carbons (Fsp3) is 0.0196. The Morgan fingerprint density at radius 3 is 1.67 bits per heavy atom. The van der Waals surface area contributed by atoms with Gasteiger partial charge in [-0.2, -0.15) is 0 Å². The van der Waals surface area contributed by atoms with Crippen LogP contribution < -0.4 is 4.74 Å². The molecule has 0 radical (unpaired) electrons. The minimum absolute atomic E-state index is 0.464. The topological polar surface area (TPSA) is 35.0 Å². The van der Waals surface area contributed by atoms with Gasteiger partial charge in [-0.15, -0.1) is 0 Å². The fourth-order valence-corrected chi connectivity index (χ4v) is 8.83. The molecule has 2 aliphatic rings. The van der Waals surface area contributed by atoms with Gasteiger partial charge in [-0.1, -0.05) is 176 Å². The number of hydrogen-bond donors (Lipinski definition) is 0. The molecule has 11 rings (SSSR count). The van der Waals surface area contributed by atoms with E-state index in [0.29, 0.717) is 5.82 Å². The first-order chi connectivity index (χ1) is 26.8. The third-order valence-corrected chi connectivity index (χ3v) is 11.2. The monoisotopic (exact) mass is 688 g/mol. The molecule has 0 fully saturated rings. The van der Waals surface area contributed by atoms with Crippen molar-refractivity contribution >= 4 is 10.9 Å². The van der Waals surface area contributed by atoms with Crippen LogP contribution in [0.5, 0.6) is 11.5 Å². The molecule has 0 saturated heterocycles. The Morgan fingerprint density at radius 2 is 0.907 bits per heavy atom. The summed E-state index contributed by atoms with van der Waals surface area (Å²) in [7, 11) is 0. The summed E-state index contributed by atoms with van der Waals surface area (Å²) < 4.78 is 6.77. The maximum Gasteiger partial charge on any atom is 0.161 e. The number of ether oxygens (including phenoxy) is 1. The molecule has 0 N–H and O–H groups in total. The molecule has 1 aromatic heterocycles. The molecule has 54 heavy (non-hydrogen) atoms. The van der Waals surface area contributed by atoms with Gasteiger partial charge in [-0.25, -0.2) is 9.97 Å². The number of aromatic nitrogens is 2. The van der Waals surface area contributed by atoms with Crippen LogP contribution in [0.3, 0.4) is 0 Å². The Hall–Kier alpha value is -7.10. The van der Waals surface area contributed by atoms with Gasteiger partial charge in [-0.3, -0.25) is 0 Å². The van der Waals surface area contributed by atoms with Crippen molar-refractivity contribution in [2.75, 3.05) is 0 Å². The summed E-state index contributed by atoms with van der Waals surface area (Å²) >= 11 is 0. The van der Waals surface area contributed by atoms with E-state index in [-0.39, 0.29) is 0 Å². The van der Waals surface area contributed by atoms with Gasteiger partial charge in [0.05, 0.1) is 16.6 Å². The van der Waals surface area contributed by atoms with Crippen LogP contribution in [-0.2, 0) is 5.41 Å². The Bertz CT molecular complexity index is 2870. The third-order valence-electron chi connectivity index (χ3n) is 11.2. The first-order valence-electron chi connectivity index (χ1n) is 18.4. The molecule has 252 valence electrons. The quantitative estimate of drug-likeness (QED) is 0.185. The normalized spacial score (nSPS) is 13.1. The highest BCUT2D eigenvalue weighted by molar-refractivity contribution is 5.95. The first-order valence-corrected chi connectivity index (χ1v) is 18.4. The minimum Gasteiger partial charge on any atom is -0.457 e. The number of para-hydroxylation sites is 2. The molecule has 9 aromatic rings. The van der Waals surface area contributed by atoms with E-state index in [0.717, 1.165) is 67.0 Å². The largest absolute Gasteiger partial charge is 0.457 e. The van der Waals surface area contributed by atoms with E-state index in [1.165, 1.54) is 27.8 Å². The number of fused-ring (bicyclic) bond motifs is 10. The average Bonchev–Trinajstić information content (AvgIpc) is 3.54. The zero-order valence-corrected chi connectivity index (χ0v) is 29.3. The van der Waals surface area contributed by atoms with E-state index >= 15 is 0 Å². The van der Waals surface area contributed by atoms with Gasteiger partial charge in [-0.05, 0) is 62.7 Å². The molecule has 0 unspecified atom stereocenters. The summed E-state index contributed by atoms with van der Waals surface area (Å²) in [6.45, 7) is 0. The predicted octanol–water partition coefficient (Wildman–Crippen LogP) is 12.8. The summed E-state index contributed by atoms with van der Waals surface area (Å²) in [5.74, 6) is 2.49. The zero-order valence-electron chi connectivity index (χ0n) is 29.3. The molecular weight excluding hydrogens is 657 g/mol. The van der Waals surface area contributed by atoms with Crippen molar-refractivity contribution in [3.8, 4) is 67.5 Å². The van der Waals surface area contributed by atoms with E-state index in [9.17, 15) is 0 Å². The number of nitrogens with zero attached hydrogens (tertiary/aromatic N) is 2. The second-order valence-electron chi connectivity index (χ2n) is 14.1. The highest BCUT2D eigenvalue weighted by atomic mass is 16.5. The fourth-order valence-electron chi connectivity index (χ4n) is 8.83. The van der Waals surface area contributed by atoms with Crippen LogP contribution in [0, 0.1) is 0 Å². The summed E-state index contributed by atoms with van der Waals surface area (Å²) in [5, 5.41) is 1.04. The van der Waals surface area contributed by atoms with E-state index in [2.05, 4.69) is 176 Å². The smallest absolute Gasteiger partial charge is 0.161 e. The van der Waals surface area contributed by atoms with Crippen LogP contribution >= 0.6 is 0 Å². The van der Waals surface area contributed by atoms with Gasteiger partial charge in [0.15, 0.2) is 5.82 Å². The van der Waals surface area contributed by atoms with E-state index in [1.54, 1.807) is 0 Å². The molecule has 0 amide bonds. The van der Waals surface area contributed by atoms with Gasteiger partial charge in [0.25, 0.3) is 0 Å². The highest BCUT2D eigenvalue weighted by Crippen LogP contribution is 2.62. The zero-order chi connectivity index (χ0) is 35.6. The van der Waals surface area contributed by atoms with Crippen molar-refractivity contribution < 1.29 is 4.74 Å². The van der Waals surface area contributed by atoms with Crippen molar-refractivity contribution in [2.45, 2.75) is 5.41 Å². The highest BCUT2D eigenvalue weighted by Gasteiger charge is 2.50. The third kappa shape index (κ3) is 4.49. The lowest BCUT2D eigenvalue weighted by molar-refractivity contribution is 0.436. The van der Waals surface area contributed by atoms with Gasteiger partial charge in [0, 0.05) is 27.6 Å². The number of rotatable bonds is 4. The Labute approximate surface area is 313 Å². The lowest BCUT2D eigenvalue weighted by Gasteiger charge is -2.39. The van der Waals surface area contributed by atoms with Crippen LogP contribution in [0.2, 0.25) is 0 Å². The molecule has 3 heteroatoms. The molecule has 3 nitrogen and oxygen atoms in total. The molecule has 1 aliphatic carbocycles. The summed E-state index contributed by atoms with van der Waals surface area (Å²) in [6.07, 6.45) is 0. The van der Waals surface area contributed by atoms with Crippen LogP contribution in [0.1, 0.15) is 22.3 Å². The number of benzene rings is 8. The van der Waals surface area contributed by atoms with Gasteiger partial charge >= 0.3 is 0 Å². The van der Waals surface area contributed by atoms with E-state index < -0.39 is 5.41 Å². The van der Waals surface area contributed by atoms with Crippen LogP contribution in [0.25, 0.3) is 66.9 Å². The standard InChI is InChI=1S/C51H32N2O/c1-2-14-35(15-3-1)49-41-20-8-12-24-46(41)52-50(53-49)40-19-5-4-16-37(40)34-28-26-33(27-29-34)36-30-31-45-48(32-36)54-47-25-13-11-23-44(47)51(45)42-21-9-6-17-38(42)39-18-7-10-22-43(39)51/h1-32H. The van der Waals surface area contributed by atoms with E-state index in [4.69, 9.17) is 14.7 Å². The first kappa shape index (κ1) is 30.5. The molecule has 0 saturated carbocycles. The lowest BCUT2D eigenvalue weighted by Crippen LogP contribution is -2.32. The minimum atomic E-state index is -0.464. The lowest BCUT2D eigenvalue weighted by atomic mass is 9.66. The molecule has 0 atom stereocenters. The summed E-state index contributed by atoms with van der Waals surface area (Å²) in [5.41, 5.74) is 15.4. The molecular formula is C51H32N2O. The SMILES string of the molecule is c1ccc(-c2nc(-c3ccccc3-c3ccc(-c4ccc5c(c4)Oc4ccccc4C54c5ccccc5-c5ccccc54)cc3)nc3ccccc23)cc1. The number of hydrogen-bond acceptors (Lipinski definition) is 3. The molecule has 2 heterocycles. The van der Waals surface area contributed by atoms with Gasteiger partial charge < -0.3 is 4.74 Å². The van der Waals surface area contributed by atoms with Gasteiger partial charge in [0.1, 0.15) is 11.5 Å². The average molecular weight is 689 g/mol. The van der Waals surface area contributed by atoms with Crippen molar-refractivity contribution in [2.24, 2.45) is 0 Å². The van der Waals surface area contributed by atoms with Crippen molar-refractivity contribution in [1.29, 1.82) is 0 Å². The van der Waals surface area contributed by atoms with Crippen molar-refractivity contribution in [1.82, 2.24) is 9.97 Å². The maximum atomic E-state index is 6.77. The van der Waals surface area contributed by atoms with Crippen molar-refractivity contribution in [3.63, 3.8) is 0 Å². The maximum absolute atomic E-state index is 6.77. The molecule has 1 aliphatic heterocycles. The Morgan fingerprint density at radius 1 is 0.352 bits per heavy atom. The molecule has 0 bridgehead atoms. The van der Waals surface area contributed by atoms with Gasteiger partial charge in [0.2, 0.25) is 0 Å². The summed E-state index contributed by atoms with van der Waals surface area (Å²) in [6, 6.07) is 68.8. The van der Waals surface area contributed by atoms with Crippen LogP contribution in [-0.4, -0.2) is 9.97 Å². The predicted molar refractivity (Wildman–Crippen MR) is 219 cm³/mol. The Balaban J connectivity index is 1.00. The second kappa shape index (κ2) is 12.0. The molecule has 8 aromatic carbocycles. The van der Waals surface area contributed by atoms with Crippen LogP contribution in [0.15, 0.2) is 194 Å². The summed E-state index contributed by atoms with van der Waals surface area (Å²) in [4.78, 5) is 10.3. The Kier molecular flexibility index (Phi) is 6.77.